The Morgan fingerprint density at radius 1 is 1.00 bits per heavy atom. The minimum Gasteiger partial charge on any atom is -0.496 e. The third-order valence-electron chi connectivity index (χ3n) is 6.11. The van der Waals surface area contributed by atoms with Gasteiger partial charge in [-0.15, -0.1) is 0 Å². The number of hydrogen-bond acceptors (Lipinski definition) is 6. The zero-order chi connectivity index (χ0) is 25.9. The molecule has 1 saturated heterocycles. The third-order valence-corrected chi connectivity index (χ3v) is 6.11. The molecule has 3 aromatic rings. The van der Waals surface area contributed by atoms with Gasteiger partial charge in [-0.2, -0.15) is 0 Å². The van der Waals surface area contributed by atoms with E-state index in [0.29, 0.717) is 31.9 Å². The quantitative estimate of drug-likeness (QED) is 0.328. The number of methoxy groups -OCH3 is 1. The van der Waals surface area contributed by atoms with Crippen molar-refractivity contribution in [3.63, 3.8) is 0 Å². The van der Waals surface area contributed by atoms with Gasteiger partial charge in [0.15, 0.2) is 0 Å². The van der Waals surface area contributed by atoms with Crippen molar-refractivity contribution >= 4 is 11.8 Å². The lowest BCUT2D eigenvalue weighted by atomic mass is 9.97. The monoisotopic (exact) mass is 503 g/mol. The average Bonchev–Trinajstić information content (AvgIpc) is 2.94. The Labute approximate surface area is 217 Å². The van der Waals surface area contributed by atoms with Crippen molar-refractivity contribution in [3.8, 4) is 11.5 Å². The molecule has 194 valence electrons. The first-order valence-electron chi connectivity index (χ1n) is 12.4. The second-order valence-electron chi connectivity index (χ2n) is 8.76. The third kappa shape index (κ3) is 7.55. The van der Waals surface area contributed by atoms with E-state index >= 15 is 0 Å². The van der Waals surface area contributed by atoms with E-state index in [1.54, 1.807) is 19.2 Å². The van der Waals surface area contributed by atoms with Crippen LogP contribution in [0.3, 0.4) is 0 Å². The maximum absolute atomic E-state index is 12.9. The maximum atomic E-state index is 12.9. The number of hydrogen-bond donors (Lipinski definition) is 3. The summed E-state index contributed by atoms with van der Waals surface area (Å²) in [5, 5.41) is 9.19. The molecular weight excluding hydrogens is 470 g/mol. The molecule has 37 heavy (non-hydrogen) atoms. The highest BCUT2D eigenvalue weighted by molar-refractivity contribution is 5.94. The van der Waals surface area contributed by atoms with Gasteiger partial charge in [-0.1, -0.05) is 48.5 Å². The molecule has 1 heterocycles. The molecule has 2 atom stereocenters. The normalized spacial score (nSPS) is 15.9. The number of rotatable bonds is 12. The number of benzene rings is 3. The molecule has 3 aromatic carbocycles. The number of piperazine rings is 1. The second kappa shape index (κ2) is 13.4. The van der Waals surface area contributed by atoms with Gasteiger partial charge in [0.1, 0.15) is 11.5 Å². The van der Waals surface area contributed by atoms with Crippen molar-refractivity contribution in [2.45, 2.75) is 25.1 Å². The van der Waals surface area contributed by atoms with Crippen molar-refractivity contribution in [3.05, 3.63) is 95.6 Å². The van der Waals surface area contributed by atoms with E-state index < -0.39 is 6.04 Å². The fraction of sp³-hybridized carbons (Fsp3) is 0.310. The van der Waals surface area contributed by atoms with Crippen LogP contribution in [-0.2, 0) is 16.1 Å². The Hall–Kier alpha value is -3.88. The van der Waals surface area contributed by atoms with Gasteiger partial charge in [0, 0.05) is 24.1 Å². The first-order chi connectivity index (χ1) is 18.1. The van der Waals surface area contributed by atoms with Crippen LogP contribution < -0.4 is 25.4 Å². The van der Waals surface area contributed by atoms with Crippen molar-refractivity contribution in [1.82, 2.24) is 16.0 Å². The van der Waals surface area contributed by atoms with Crippen LogP contribution >= 0.6 is 0 Å². The highest BCUT2D eigenvalue weighted by Crippen LogP contribution is 2.23. The maximum Gasteiger partial charge on any atom is 0.251 e. The van der Waals surface area contributed by atoms with Gasteiger partial charge < -0.3 is 30.2 Å². The van der Waals surface area contributed by atoms with E-state index in [9.17, 15) is 9.59 Å². The molecule has 0 aromatic heterocycles. The molecule has 0 radical (unpaired) electrons. The van der Waals surface area contributed by atoms with Crippen LogP contribution in [0.4, 0.5) is 0 Å². The van der Waals surface area contributed by atoms with Gasteiger partial charge in [0.2, 0.25) is 5.91 Å². The molecule has 2 amide bonds. The topological polar surface area (TPSA) is 97.9 Å². The summed E-state index contributed by atoms with van der Waals surface area (Å²) in [5.41, 5.74) is 2.46. The first-order valence-corrected chi connectivity index (χ1v) is 12.4. The van der Waals surface area contributed by atoms with Gasteiger partial charge in [0.05, 0.1) is 45.6 Å². The van der Waals surface area contributed by atoms with E-state index in [1.807, 2.05) is 66.7 Å². The first kappa shape index (κ1) is 26.2. The number of nitrogens with one attached hydrogen (secondary N) is 3. The highest BCUT2D eigenvalue weighted by Gasteiger charge is 2.29. The summed E-state index contributed by atoms with van der Waals surface area (Å²) in [4.78, 5) is 24.9. The molecule has 0 aliphatic carbocycles. The lowest BCUT2D eigenvalue weighted by molar-refractivity contribution is -0.122. The molecule has 1 fully saturated rings. The van der Waals surface area contributed by atoms with Crippen LogP contribution in [0.5, 0.6) is 11.5 Å². The number of para-hydroxylation sites is 1. The predicted molar refractivity (Wildman–Crippen MR) is 141 cm³/mol. The lowest BCUT2D eigenvalue weighted by Crippen LogP contribution is -2.57. The Balaban J connectivity index is 1.30. The van der Waals surface area contributed by atoms with E-state index in [2.05, 4.69) is 16.0 Å². The zero-order valence-electron chi connectivity index (χ0n) is 20.9. The molecule has 0 saturated carbocycles. The lowest BCUT2D eigenvalue weighted by Gasteiger charge is -2.32. The molecule has 1 unspecified atom stereocenters. The average molecular weight is 504 g/mol. The molecule has 1 aliphatic heterocycles. The van der Waals surface area contributed by atoms with E-state index in [1.165, 1.54) is 0 Å². The van der Waals surface area contributed by atoms with Gasteiger partial charge in [-0.05, 0) is 35.9 Å². The van der Waals surface area contributed by atoms with E-state index in [4.69, 9.17) is 14.2 Å². The minimum absolute atomic E-state index is 0.0944. The number of carbonyl (C=O) groups is 2. The van der Waals surface area contributed by atoms with Crippen LogP contribution in [0.1, 0.15) is 33.9 Å². The molecular formula is C29H33N3O5. The minimum atomic E-state index is -0.401. The Morgan fingerprint density at radius 2 is 1.76 bits per heavy atom. The Bertz CT molecular complexity index is 1150. The standard InChI is InChI=1S/C29H33N3O5/c1-35-26-11-6-5-10-23(26)20-36-16-7-17-37-24-14-12-21(13-15-24)28(25-18-30-19-27(33)31-25)32-29(34)22-8-3-2-4-9-22/h2-6,8-15,25,28,30H,7,16-20H2,1H3,(H,31,33)(H,32,34)/t25-,28?/m1/s1. The van der Waals surface area contributed by atoms with Crippen molar-refractivity contribution < 1.29 is 23.8 Å². The van der Waals surface area contributed by atoms with E-state index in [0.717, 1.165) is 29.0 Å². The largest absolute Gasteiger partial charge is 0.496 e. The highest BCUT2D eigenvalue weighted by atomic mass is 16.5. The Morgan fingerprint density at radius 3 is 2.51 bits per heavy atom. The summed E-state index contributed by atoms with van der Waals surface area (Å²) < 4.78 is 17.0. The summed E-state index contributed by atoms with van der Waals surface area (Å²) in [5.74, 6) is 1.26. The van der Waals surface area contributed by atoms with Crippen LogP contribution in [0, 0.1) is 0 Å². The Kier molecular flexibility index (Phi) is 9.51. The molecule has 1 aliphatic rings. The summed E-state index contributed by atoms with van der Waals surface area (Å²) in [6.45, 7) is 2.39. The van der Waals surface area contributed by atoms with Crippen LogP contribution in [-0.4, -0.2) is 51.3 Å². The number of ether oxygens (including phenoxy) is 3. The molecule has 3 N–H and O–H groups in total. The molecule has 0 spiro atoms. The van der Waals surface area contributed by atoms with Crippen molar-refractivity contribution in [1.29, 1.82) is 0 Å². The smallest absolute Gasteiger partial charge is 0.251 e. The van der Waals surface area contributed by atoms with Gasteiger partial charge in [-0.25, -0.2) is 0 Å². The van der Waals surface area contributed by atoms with E-state index in [-0.39, 0.29) is 24.4 Å². The van der Waals surface area contributed by atoms with Crippen LogP contribution in [0.15, 0.2) is 78.9 Å². The van der Waals surface area contributed by atoms with Crippen LogP contribution in [0.25, 0.3) is 0 Å². The van der Waals surface area contributed by atoms with Gasteiger partial charge in [0.25, 0.3) is 5.91 Å². The molecule has 0 bridgehead atoms. The summed E-state index contributed by atoms with van der Waals surface area (Å²) in [6, 6.07) is 23.8. The zero-order valence-corrected chi connectivity index (χ0v) is 20.9. The van der Waals surface area contributed by atoms with Crippen molar-refractivity contribution in [2.24, 2.45) is 0 Å². The summed E-state index contributed by atoms with van der Waals surface area (Å²) in [7, 11) is 1.65. The summed E-state index contributed by atoms with van der Waals surface area (Å²) >= 11 is 0. The fourth-order valence-electron chi connectivity index (χ4n) is 4.21. The van der Waals surface area contributed by atoms with Crippen LogP contribution in [0.2, 0.25) is 0 Å². The van der Waals surface area contributed by atoms with Crippen molar-refractivity contribution in [2.75, 3.05) is 33.4 Å². The second-order valence-corrected chi connectivity index (χ2v) is 8.76. The fourth-order valence-corrected chi connectivity index (χ4v) is 4.21. The number of amides is 2. The SMILES string of the molecule is COc1ccccc1COCCCOc1ccc(C(NC(=O)c2ccccc2)[C@H]2CNCC(=O)N2)cc1. The van der Waals surface area contributed by atoms with Gasteiger partial charge in [-0.3, -0.25) is 9.59 Å². The predicted octanol–water partition coefficient (Wildman–Crippen LogP) is 3.24. The molecule has 8 heteroatoms. The number of carbonyl (C=O) groups excluding carboxylic acids is 2. The molecule has 4 rings (SSSR count). The summed E-state index contributed by atoms with van der Waals surface area (Å²) in [6.07, 6.45) is 0.742. The van der Waals surface area contributed by atoms with Gasteiger partial charge >= 0.3 is 0 Å². The molecule has 8 nitrogen and oxygen atoms in total.